The summed E-state index contributed by atoms with van der Waals surface area (Å²) in [4.78, 5) is 30.9. The molecule has 0 heterocycles. The summed E-state index contributed by atoms with van der Waals surface area (Å²) in [5.41, 5.74) is 1.40. The summed E-state index contributed by atoms with van der Waals surface area (Å²) >= 11 is 0. The standard InChI is InChI=1S/C14H18O7/c1-3-4-11-5-7-12(8-6-11)13(15)19-21-20-14(16)18-10-9-17-2/h5-8H,3-4,9-10H2,1-2H3. The van der Waals surface area contributed by atoms with Crippen LogP contribution in [0.1, 0.15) is 29.3 Å². The van der Waals surface area contributed by atoms with Gasteiger partial charge >= 0.3 is 12.1 Å². The second-order valence-electron chi connectivity index (χ2n) is 4.06. The number of rotatable bonds is 8. The number of carbonyl (C=O) groups is 2. The highest BCUT2D eigenvalue weighted by atomic mass is 17.5. The van der Waals surface area contributed by atoms with Crippen LogP contribution in [-0.4, -0.2) is 32.4 Å². The normalized spacial score (nSPS) is 10.0. The van der Waals surface area contributed by atoms with Gasteiger partial charge < -0.3 is 9.47 Å². The summed E-state index contributed by atoms with van der Waals surface area (Å²) in [5.74, 6) is -0.775. The van der Waals surface area contributed by atoms with Crippen LogP contribution in [0.15, 0.2) is 24.3 Å². The van der Waals surface area contributed by atoms with Crippen LogP contribution in [0.25, 0.3) is 0 Å². The van der Waals surface area contributed by atoms with Gasteiger partial charge in [0.2, 0.25) is 0 Å². The molecule has 0 radical (unpaired) electrons. The van der Waals surface area contributed by atoms with Crippen molar-refractivity contribution in [1.82, 2.24) is 0 Å². The highest BCUT2D eigenvalue weighted by Crippen LogP contribution is 2.08. The van der Waals surface area contributed by atoms with E-state index in [-0.39, 0.29) is 18.8 Å². The van der Waals surface area contributed by atoms with Crippen molar-refractivity contribution in [2.45, 2.75) is 19.8 Å². The van der Waals surface area contributed by atoms with Gasteiger partial charge in [-0.05, 0) is 24.1 Å². The van der Waals surface area contributed by atoms with E-state index < -0.39 is 12.1 Å². The molecule has 116 valence electrons. The Morgan fingerprint density at radius 3 is 2.38 bits per heavy atom. The molecule has 0 N–H and O–H groups in total. The summed E-state index contributed by atoms with van der Waals surface area (Å²) in [6, 6.07) is 6.85. The molecule has 0 spiro atoms. The summed E-state index contributed by atoms with van der Waals surface area (Å²) in [6.07, 6.45) is 0.826. The van der Waals surface area contributed by atoms with E-state index in [2.05, 4.69) is 31.2 Å². The Bertz CT molecular complexity index is 441. The Hall–Kier alpha value is -2.12. The van der Waals surface area contributed by atoms with Crippen molar-refractivity contribution in [3.63, 3.8) is 0 Å². The Morgan fingerprint density at radius 2 is 1.76 bits per heavy atom. The first-order chi connectivity index (χ1) is 10.2. The smallest absolute Gasteiger partial charge is 0.430 e. The van der Waals surface area contributed by atoms with Gasteiger partial charge in [-0.25, -0.2) is 14.5 Å². The average Bonchev–Trinajstić information content (AvgIpc) is 2.48. The largest absolute Gasteiger partial charge is 0.543 e. The third-order valence-corrected chi connectivity index (χ3v) is 2.45. The fourth-order valence-corrected chi connectivity index (χ4v) is 1.45. The molecule has 21 heavy (non-hydrogen) atoms. The molecule has 0 aromatic heterocycles. The molecule has 0 atom stereocenters. The van der Waals surface area contributed by atoms with Gasteiger partial charge in [-0.3, -0.25) is 4.89 Å². The SMILES string of the molecule is CCCc1ccc(C(=O)OOOC(=O)OCCOC)cc1. The van der Waals surface area contributed by atoms with Crippen molar-refractivity contribution in [3.8, 4) is 0 Å². The monoisotopic (exact) mass is 298 g/mol. The van der Waals surface area contributed by atoms with E-state index in [0.717, 1.165) is 18.4 Å². The van der Waals surface area contributed by atoms with Crippen LogP contribution in [-0.2, 0) is 30.7 Å². The third-order valence-electron chi connectivity index (χ3n) is 2.45. The van der Waals surface area contributed by atoms with E-state index in [1.807, 2.05) is 12.1 Å². The predicted molar refractivity (Wildman–Crippen MR) is 71.2 cm³/mol. The number of methoxy groups -OCH3 is 1. The van der Waals surface area contributed by atoms with Gasteiger partial charge in [0.1, 0.15) is 6.61 Å². The van der Waals surface area contributed by atoms with Crippen molar-refractivity contribution < 1.29 is 33.9 Å². The fraction of sp³-hybridized carbons (Fsp3) is 0.429. The van der Waals surface area contributed by atoms with Crippen molar-refractivity contribution in [1.29, 1.82) is 0 Å². The topological polar surface area (TPSA) is 80.3 Å². The van der Waals surface area contributed by atoms with E-state index in [0.29, 0.717) is 0 Å². The van der Waals surface area contributed by atoms with Crippen LogP contribution in [0.3, 0.4) is 0 Å². The molecule has 7 nitrogen and oxygen atoms in total. The minimum Gasteiger partial charge on any atom is -0.430 e. The van der Waals surface area contributed by atoms with Gasteiger partial charge in [-0.2, -0.15) is 0 Å². The van der Waals surface area contributed by atoms with Crippen LogP contribution in [0, 0.1) is 0 Å². The van der Waals surface area contributed by atoms with E-state index in [1.165, 1.54) is 7.11 Å². The molecule has 0 aliphatic carbocycles. The highest BCUT2D eigenvalue weighted by molar-refractivity contribution is 5.88. The minimum absolute atomic E-state index is 0.00549. The second-order valence-corrected chi connectivity index (χ2v) is 4.06. The average molecular weight is 298 g/mol. The lowest BCUT2D eigenvalue weighted by Crippen LogP contribution is -2.14. The van der Waals surface area contributed by atoms with Gasteiger partial charge in [0.15, 0.2) is 0 Å². The molecule has 1 aromatic rings. The van der Waals surface area contributed by atoms with Crippen LogP contribution < -0.4 is 0 Å². The van der Waals surface area contributed by atoms with Crippen molar-refractivity contribution >= 4 is 12.1 Å². The van der Waals surface area contributed by atoms with Crippen molar-refractivity contribution in [3.05, 3.63) is 35.4 Å². The number of aryl methyl sites for hydroxylation is 1. The quantitative estimate of drug-likeness (QED) is 0.315. The second kappa shape index (κ2) is 9.73. The third kappa shape index (κ3) is 6.73. The lowest BCUT2D eigenvalue weighted by atomic mass is 10.1. The molecule has 7 heteroatoms. The molecule has 0 unspecified atom stereocenters. The zero-order valence-corrected chi connectivity index (χ0v) is 12.0. The number of hydrogen-bond donors (Lipinski definition) is 0. The van der Waals surface area contributed by atoms with Crippen LogP contribution in [0.5, 0.6) is 0 Å². The molecule has 0 aliphatic rings. The summed E-state index contributed by atoms with van der Waals surface area (Å²) < 4.78 is 9.17. The number of carbonyl (C=O) groups excluding carboxylic acids is 2. The van der Waals surface area contributed by atoms with Crippen molar-refractivity contribution in [2.75, 3.05) is 20.3 Å². The number of benzene rings is 1. The molecular weight excluding hydrogens is 280 g/mol. The van der Waals surface area contributed by atoms with Crippen LogP contribution >= 0.6 is 0 Å². The van der Waals surface area contributed by atoms with E-state index >= 15 is 0 Å². The molecule has 1 aromatic carbocycles. The Balaban J connectivity index is 2.28. The van der Waals surface area contributed by atoms with Crippen molar-refractivity contribution in [2.24, 2.45) is 0 Å². The first-order valence-corrected chi connectivity index (χ1v) is 6.47. The number of ether oxygens (including phenoxy) is 2. The predicted octanol–water partition coefficient (Wildman–Crippen LogP) is 2.44. The molecule has 0 bridgehead atoms. The minimum atomic E-state index is -1.13. The Kier molecular flexibility index (Phi) is 7.85. The van der Waals surface area contributed by atoms with E-state index in [1.54, 1.807) is 12.1 Å². The van der Waals surface area contributed by atoms with E-state index in [9.17, 15) is 9.59 Å². The summed E-state index contributed by atoms with van der Waals surface area (Å²) in [6.45, 7) is 2.30. The van der Waals surface area contributed by atoms with E-state index in [4.69, 9.17) is 0 Å². The zero-order valence-electron chi connectivity index (χ0n) is 12.0. The molecule has 0 aliphatic heterocycles. The Morgan fingerprint density at radius 1 is 1.05 bits per heavy atom. The summed E-state index contributed by atoms with van der Waals surface area (Å²) in [5, 5.41) is 4.06. The van der Waals surface area contributed by atoms with Crippen LogP contribution in [0.4, 0.5) is 4.79 Å². The molecular formula is C14H18O7. The highest BCUT2D eigenvalue weighted by Gasteiger charge is 2.11. The van der Waals surface area contributed by atoms with Gasteiger partial charge in [-0.15, -0.1) is 0 Å². The maximum atomic E-state index is 11.6. The van der Waals surface area contributed by atoms with Gasteiger partial charge in [-0.1, -0.05) is 25.5 Å². The molecule has 0 amide bonds. The lowest BCUT2D eigenvalue weighted by Gasteiger charge is -2.04. The fourth-order valence-electron chi connectivity index (χ4n) is 1.45. The zero-order chi connectivity index (χ0) is 15.5. The maximum Gasteiger partial charge on any atom is 0.543 e. The number of hydrogen-bond acceptors (Lipinski definition) is 7. The van der Waals surface area contributed by atoms with Gasteiger partial charge in [0.25, 0.3) is 0 Å². The van der Waals surface area contributed by atoms with Gasteiger partial charge in [0, 0.05) is 7.11 Å². The molecule has 0 saturated heterocycles. The molecule has 1 rings (SSSR count). The Labute approximate surface area is 122 Å². The maximum absolute atomic E-state index is 11.6. The molecule has 0 fully saturated rings. The summed E-state index contributed by atoms with van der Waals surface area (Å²) in [7, 11) is 1.46. The van der Waals surface area contributed by atoms with Gasteiger partial charge in [0.05, 0.1) is 17.2 Å². The first-order valence-electron chi connectivity index (χ1n) is 6.47. The molecule has 0 saturated carbocycles. The van der Waals surface area contributed by atoms with Crippen LogP contribution in [0.2, 0.25) is 0 Å². The lowest BCUT2D eigenvalue weighted by molar-refractivity contribution is -0.452. The first kappa shape index (κ1) is 16.9.